The molecule has 4 rings (SSSR count). The number of carbonyl (C=O) groups is 1. The van der Waals surface area contributed by atoms with E-state index < -0.39 is 0 Å². The number of carbonyl (C=O) groups excluding carboxylic acids is 1. The van der Waals surface area contributed by atoms with Gasteiger partial charge in [-0.1, -0.05) is 24.3 Å². The van der Waals surface area contributed by atoms with Crippen molar-refractivity contribution in [2.75, 3.05) is 20.1 Å². The molecule has 0 saturated carbocycles. The summed E-state index contributed by atoms with van der Waals surface area (Å²) in [7, 11) is 2.04. The molecule has 3 aromatic heterocycles. The van der Waals surface area contributed by atoms with Gasteiger partial charge in [0.2, 0.25) is 0 Å². The first-order valence-electron chi connectivity index (χ1n) is 12.5. The molecule has 0 bridgehead atoms. The zero-order chi connectivity index (χ0) is 26.7. The SMILES string of the molecule is Cc1cc(C)c(CNC(=O)c2cc(-c3ccc(CN(C)CCN)cc3)nc3c2cnn3C(C)C)c(=O)[nH]1. The quantitative estimate of drug-likeness (QED) is 0.323. The summed E-state index contributed by atoms with van der Waals surface area (Å²) in [5.41, 5.74) is 11.5. The minimum Gasteiger partial charge on any atom is -0.348 e. The molecule has 9 nitrogen and oxygen atoms in total. The molecule has 37 heavy (non-hydrogen) atoms. The second-order valence-corrected chi connectivity index (χ2v) is 9.82. The van der Waals surface area contributed by atoms with E-state index in [0.717, 1.165) is 29.9 Å². The van der Waals surface area contributed by atoms with Gasteiger partial charge in [-0.2, -0.15) is 5.10 Å². The van der Waals surface area contributed by atoms with E-state index in [2.05, 4.69) is 32.4 Å². The number of nitrogens with zero attached hydrogens (tertiary/aromatic N) is 4. The molecule has 0 aliphatic heterocycles. The number of aromatic nitrogens is 4. The van der Waals surface area contributed by atoms with Crippen LogP contribution in [0.3, 0.4) is 0 Å². The third kappa shape index (κ3) is 5.79. The first-order chi connectivity index (χ1) is 17.7. The van der Waals surface area contributed by atoms with Gasteiger partial charge >= 0.3 is 0 Å². The predicted octanol–water partition coefficient (Wildman–Crippen LogP) is 3.30. The van der Waals surface area contributed by atoms with Crippen LogP contribution in [0.25, 0.3) is 22.3 Å². The molecule has 3 heterocycles. The van der Waals surface area contributed by atoms with Crippen LogP contribution in [-0.4, -0.2) is 50.7 Å². The Morgan fingerprint density at radius 2 is 1.92 bits per heavy atom. The average molecular weight is 502 g/mol. The van der Waals surface area contributed by atoms with Crippen molar-refractivity contribution in [3.63, 3.8) is 0 Å². The molecular weight excluding hydrogens is 466 g/mol. The lowest BCUT2D eigenvalue weighted by molar-refractivity contribution is 0.0952. The van der Waals surface area contributed by atoms with Crippen LogP contribution < -0.4 is 16.6 Å². The van der Waals surface area contributed by atoms with Crippen LogP contribution in [0.2, 0.25) is 0 Å². The van der Waals surface area contributed by atoms with Gasteiger partial charge in [-0.3, -0.25) is 9.59 Å². The zero-order valence-electron chi connectivity index (χ0n) is 22.1. The fourth-order valence-corrected chi connectivity index (χ4v) is 4.49. The number of amides is 1. The molecule has 0 radical (unpaired) electrons. The van der Waals surface area contributed by atoms with Crippen LogP contribution >= 0.6 is 0 Å². The number of H-pyrrole nitrogens is 1. The van der Waals surface area contributed by atoms with Gasteiger partial charge in [0.05, 0.1) is 22.8 Å². The molecule has 4 N–H and O–H groups in total. The van der Waals surface area contributed by atoms with Gasteiger partial charge < -0.3 is 20.9 Å². The highest BCUT2D eigenvalue weighted by atomic mass is 16.1. The van der Waals surface area contributed by atoms with Crippen molar-refractivity contribution >= 4 is 16.9 Å². The van der Waals surface area contributed by atoms with Crippen molar-refractivity contribution in [1.29, 1.82) is 0 Å². The van der Waals surface area contributed by atoms with Gasteiger partial charge in [0.25, 0.3) is 11.5 Å². The summed E-state index contributed by atoms with van der Waals surface area (Å²) < 4.78 is 1.82. The predicted molar refractivity (Wildman–Crippen MR) is 146 cm³/mol. The van der Waals surface area contributed by atoms with E-state index in [4.69, 9.17) is 10.7 Å². The van der Waals surface area contributed by atoms with Gasteiger partial charge in [0, 0.05) is 49.0 Å². The molecule has 1 amide bonds. The molecule has 0 spiro atoms. The number of aromatic amines is 1. The third-order valence-corrected chi connectivity index (χ3v) is 6.43. The number of nitrogens with two attached hydrogens (primary N) is 1. The van der Waals surface area contributed by atoms with Crippen molar-refractivity contribution in [2.45, 2.75) is 46.8 Å². The van der Waals surface area contributed by atoms with E-state index in [-0.39, 0.29) is 24.1 Å². The second-order valence-electron chi connectivity index (χ2n) is 9.82. The number of pyridine rings is 2. The molecule has 0 unspecified atom stereocenters. The maximum Gasteiger partial charge on any atom is 0.253 e. The maximum absolute atomic E-state index is 13.4. The summed E-state index contributed by atoms with van der Waals surface area (Å²) in [6.45, 7) is 10.1. The molecule has 9 heteroatoms. The summed E-state index contributed by atoms with van der Waals surface area (Å²) in [5, 5.41) is 8.10. The van der Waals surface area contributed by atoms with E-state index in [1.54, 1.807) is 12.3 Å². The Balaban J connectivity index is 1.68. The Hall–Kier alpha value is -3.82. The number of hydrogen-bond donors (Lipinski definition) is 3. The number of nitrogens with one attached hydrogen (secondary N) is 2. The lowest BCUT2D eigenvalue weighted by Gasteiger charge is -2.15. The Labute approximate surface area is 216 Å². The summed E-state index contributed by atoms with van der Waals surface area (Å²) in [6, 6.07) is 12.0. The Morgan fingerprint density at radius 3 is 2.57 bits per heavy atom. The van der Waals surface area contributed by atoms with Crippen molar-refractivity contribution in [1.82, 2.24) is 30.0 Å². The van der Waals surface area contributed by atoms with Gasteiger partial charge in [0.15, 0.2) is 5.65 Å². The maximum atomic E-state index is 13.4. The molecule has 0 fully saturated rings. The van der Waals surface area contributed by atoms with Gasteiger partial charge in [-0.15, -0.1) is 0 Å². The normalized spacial score (nSPS) is 11.6. The van der Waals surface area contributed by atoms with E-state index in [1.807, 2.05) is 57.6 Å². The lowest BCUT2D eigenvalue weighted by atomic mass is 10.0. The molecule has 194 valence electrons. The summed E-state index contributed by atoms with van der Waals surface area (Å²) >= 11 is 0. The second kappa shape index (κ2) is 11.1. The molecule has 0 atom stereocenters. The van der Waals surface area contributed by atoms with E-state index in [0.29, 0.717) is 34.4 Å². The van der Waals surface area contributed by atoms with Crippen LogP contribution in [0.5, 0.6) is 0 Å². The molecule has 4 aromatic rings. The minimum absolute atomic E-state index is 0.0744. The van der Waals surface area contributed by atoms with Crippen LogP contribution in [0.4, 0.5) is 0 Å². The highest BCUT2D eigenvalue weighted by Crippen LogP contribution is 2.27. The van der Waals surface area contributed by atoms with E-state index in [9.17, 15) is 9.59 Å². The van der Waals surface area contributed by atoms with Crippen molar-refractivity contribution in [3.8, 4) is 11.3 Å². The van der Waals surface area contributed by atoms with Crippen LogP contribution in [-0.2, 0) is 13.1 Å². The first kappa shape index (κ1) is 26.2. The summed E-state index contributed by atoms with van der Waals surface area (Å²) in [4.78, 5) is 35.7. The fourth-order valence-electron chi connectivity index (χ4n) is 4.49. The Morgan fingerprint density at radius 1 is 1.19 bits per heavy atom. The van der Waals surface area contributed by atoms with Crippen molar-refractivity contribution in [3.05, 3.63) is 80.9 Å². The monoisotopic (exact) mass is 501 g/mol. The van der Waals surface area contributed by atoms with Crippen LogP contribution in [0.15, 0.2) is 47.4 Å². The third-order valence-electron chi connectivity index (χ3n) is 6.43. The highest BCUT2D eigenvalue weighted by Gasteiger charge is 2.19. The fraction of sp³-hybridized carbons (Fsp3) is 0.357. The molecule has 0 aliphatic rings. The van der Waals surface area contributed by atoms with Gasteiger partial charge in [0.1, 0.15) is 0 Å². The zero-order valence-corrected chi connectivity index (χ0v) is 22.1. The van der Waals surface area contributed by atoms with Crippen LogP contribution in [0.1, 0.15) is 52.6 Å². The van der Waals surface area contributed by atoms with Gasteiger partial charge in [-0.25, -0.2) is 9.67 Å². The first-order valence-corrected chi connectivity index (χ1v) is 12.5. The van der Waals surface area contributed by atoms with Gasteiger partial charge in [-0.05, 0) is 58.0 Å². The van der Waals surface area contributed by atoms with E-state index in [1.165, 1.54) is 5.56 Å². The molecular formula is C28H35N7O2. The minimum atomic E-state index is -0.281. The number of likely N-dealkylation sites (N-methyl/N-ethyl adjacent to an activating group) is 1. The summed E-state index contributed by atoms with van der Waals surface area (Å²) in [6.07, 6.45) is 1.68. The number of rotatable bonds is 9. The highest BCUT2D eigenvalue weighted by molar-refractivity contribution is 6.06. The molecule has 0 aliphatic carbocycles. The number of aryl methyl sites for hydroxylation is 2. The van der Waals surface area contributed by atoms with E-state index >= 15 is 0 Å². The average Bonchev–Trinajstić information content (AvgIpc) is 3.27. The number of benzene rings is 1. The largest absolute Gasteiger partial charge is 0.348 e. The Kier molecular flexibility index (Phi) is 7.85. The lowest BCUT2D eigenvalue weighted by Crippen LogP contribution is -2.28. The standard InChI is InChI=1S/C28H35N7O2/c1-17(2)35-26-24(15-31-35)22(27(36)30-14-23-18(3)12-19(4)32-28(23)37)13-25(33-26)21-8-6-20(7-9-21)16-34(5)11-10-29/h6-9,12-13,15,17H,10-11,14,16,29H2,1-5H3,(H,30,36)(H,32,37). The van der Waals surface area contributed by atoms with Crippen molar-refractivity contribution in [2.24, 2.45) is 5.73 Å². The number of fused-ring (bicyclic) bond motifs is 1. The van der Waals surface area contributed by atoms with Crippen LogP contribution in [0, 0.1) is 13.8 Å². The summed E-state index contributed by atoms with van der Waals surface area (Å²) in [5.74, 6) is -0.281. The smallest absolute Gasteiger partial charge is 0.253 e. The van der Waals surface area contributed by atoms with Crippen molar-refractivity contribution < 1.29 is 4.79 Å². The Bertz CT molecular complexity index is 1470. The topological polar surface area (TPSA) is 122 Å². The number of hydrogen-bond acceptors (Lipinski definition) is 6. The molecule has 0 saturated heterocycles. The molecule has 1 aromatic carbocycles.